The zero-order valence-electron chi connectivity index (χ0n) is 54.4. The van der Waals surface area contributed by atoms with Crippen molar-refractivity contribution in [2.24, 2.45) is 16.7 Å². The summed E-state index contributed by atoms with van der Waals surface area (Å²) in [5.74, 6) is -4.69. The van der Waals surface area contributed by atoms with Crippen LogP contribution in [-0.2, 0) is 71.3 Å². The van der Waals surface area contributed by atoms with E-state index in [-0.39, 0.29) is 65.8 Å². The van der Waals surface area contributed by atoms with Crippen LogP contribution in [0.15, 0.2) is 161 Å². The lowest BCUT2D eigenvalue weighted by atomic mass is 9.70. The van der Waals surface area contributed by atoms with Crippen molar-refractivity contribution in [1.82, 2.24) is 35.6 Å². The van der Waals surface area contributed by atoms with E-state index in [1.54, 1.807) is 107 Å². The van der Waals surface area contributed by atoms with Gasteiger partial charge in [-0.3, -0.25) is 33.7 Å². The van der Waals surface area contributed by atoms with Crippen LogP contribution >= 0.6 is 0 Å². The summed E-state index contributed by atoms with van der Waals surface area (Å²) >= 11 is 0. The van der Waals surface area contributed by atoms with E-state index in [1.165, 1.54) is 41.3 Å². The Kier molecular flexibility index (Phi) is 23.0. The fourth-order valence-electron chi connectivity index (χ4n) is 12.7. The number of hydrogen-bond acceptors (Lipinski definition) is 17. The molecule has 4 heterocycles. The number of fused-ring (bicyclic) bond motifs is 1. The second kappa shape index (κ2) is 30.7. The van der Waals surface area contributed by atoms with Crippen molar-refractivity contribution in [3.05, 3.63) is 173 Å². The molecule has 7 atom stereocenters. The fourth-order valence-corrected chi connectivity index (χ4v) is 15.1. The number of carboxylic acids is 2. The zero-order valence-corrected chi connectivity index (χ0v) is 56.0. The van der Waals surface area contributed by atoms with Crippen molar-refractivity contribution >= 4 is 73.2 Å². The molecule has 0 saturated carbocycles. The summed E-state index contributed by atoms with van der Waals surface area (Å²) in [5, 5.41) is 32.7. The number of nitrogens with one attached hydrogen (secondary N) is 6. The number of carbonyl (C=O) groups is 8. The average Bonchev–Trinajstić information content (AvgIpc) is 1.04. The molecule has 3 saturated heterocycles. The van der Waals surface area contributed by atoms with E-state index in [2.05, 4.69) is 30.7 Å². The van der Waals surface area contributed by atoms with E-state index in [0.29, 0.717) is 63.2 Å². The maximum absolute atomic E-state index is 14.1. The second-order valence-electron chi connectivity index (χ2n) is 26.2. The minimum atomic E-state index is -4.25. The van der Waals surface area contributed by atoms with Gasteiger partial charge in [0, 0.05) is 18.0 Å². The number of carbonyl (C=O) groups excluding carboxylic acids is 6. The van der Waals surface area contributed by atoms with Gasteiger partial charge in [0.25, 0.3) is 0 Å². The van der Waals surface area contributed by atoms with Gasteiger partial charge in [0.05, 0.1) is 44.1 Å². The second-order valence-corrected chi connectivity index (χ2v) is 29.6. The third-order valence-electron chi connectivity index (χ3n) is 17.9. The SMILES string of the molecule is Cc1ccc(S(=O)(=O)N[C@H](CC2(C(=O)[C@@H]3CCCN3)C=CC(N(C(=O)OCc3ccccc3)C(=O)C3CCNCC3)=CC2)C(=O)O)cc1.Cc1ccc(S(=O)(=O)N[C@H](CC2(C(=O)[C@@H]3CCCN3)C=CC(NC(=O)C3Cc4ccccc4N3C(=O)OC(C)(C)C)=CC2)C(=O)O)cc1. The molecule has 0 bridgehead atoms. The molecule has 8 N–H and O–H groups in total. The number of ketones is 2. The number of amides is 4. The molecule has 24 nitrogen and oxygen atoms in total. The third-order valence-corrected chi connectivity index (χ3v) is 20.9. The number of allylic oxidation sites excluding steroid dienone is 6. The largest absolute Gasteiger partial charge is 0.480 e. The number of rotatable bonds is 22. The predicted octanol–water partition coefficient (Wildman–Crippen LogP) is 7.18. The first-order valence-electron chi connectivity index (χ1n) is 32.2. The molecule has 4 amide bonds. The number of sulfonamides is 2. The van der Waals surface area contributed by atoms with Crippen molar-refractivity contribution in [3.8, 4) is 0 Å². The van der Waals surface area contributed by atoms with Crippen molar-refractivity contribution in [2.75, 3.05) is 31.1 Å². The molecule has 0 spiro atoms. The van der Waals surface area contributed by atoms with E-state index in [4.69, 9.17) is 9.47 Å². The van der Waals surface area contributed by atoms with Crippen LogP contribution in [0.4, 0.5) is 15.3 Å². The Morgan fingerprint density at radius 2 is 1.17 bits per heavy atom. The number of ether oxygens (including phenoxy) is 2. The number of aliphatic carboxylic acids is 2. The Bertz CT molecular complexity index is 3930. The standard InChI is InChI=1S/2C35H42N4O8S/c1-22-11-13-25(14-12-22)48(45,46)38-27(32(42)43)21-35(30(40)26-9-7-19-36-26)17-15-24(16-18-35)37-31(41)29-20-23-8-5-6-10-28(23)39(29)33(44)47-34(2,3)4;1-24-9-11-28(12-10-24)48(45,46)38-30(33(42)43)22-35(31(40)29-8-5-19-37-29)17-13-27(14-18-35)39(32(41)26-15-20-36-21-16-26)34(44)47-23-25-6-3-2-4-7-25/h5-6,8,10-17,26-27,29,36,38H,7,9,18-21H2,1-4H3,(H,37,41)(H,42,43);2-4,6-7,9-14,17,26,29-30,36-38H,5,8,15-16,18-23H2,1H3,(H,42,43)/t26-,27+,29?,35?;29-,30+,35?/m00/s1. The van der Waals surface area contributed by atoms with E-state index >= 15 is 0 Å². The molecule has 96 heavy (non-hydrogen) atoms. The molecule has 0 aromatic heterocycles. The molecule has 2 aliphatic carbocycles. The quantitative estimate of drug-likeness (QED) is 0.0386. The summed E-state index contributed by atoms with van der Waals surface area (Å²) in [7, 11) is -8.47. The molecule has 4 aromatic rings. The lowest BCUT2D eigenvalue weighted by Crippen LogP contribution is -2.51. The lowest BCUT2D eigenvalue weighted by molar-refractivity contribution is -0.141. The van der Waals surface area contributed by atoms with Gasteiger partial charge in [-0.1, -0.05) is 108 Å². The molecule has 10 rings (SSSR count). The van der Waals surface area contributed by atoms with Crippen LogP contribution in [0.1, 0.15) is 107 Å². The highest BCUT2D eigenvalue weighted by molar-refractivity contribution is 7.89. The van der Waals surface area contributed by atoms with Gasteiger partial charge in [-0.2, -0.15) is 9.44 Å². The summed E-state index contributed by atoms with van der Waals surface area (Å²) < 4.78 is 68.6. The maximum Gasteiger partial charge on any atom is 0.421 e. The Labute approximate surface area is 559 Å². The predicted molar refractivity (Wildman–Crippen MR) is 356 cm³/mol. The number of anilines is 1. The first kappa shape index (κ1) is 71.8. The van der Waals surface area contributed by atoms with Crippen LogP contribution < -0.4 is 35.6 Å². The molecular formula is C70H84N8O16S2. The highest BCUT2D eigenvalue weighted by Gasteiger charge is 2.49. The number of nitrogens with zero attached hydrogens (tertiary/aromatic N) is 2. The molecular weight excluding hydrogens is 1270 g/mol. The van der Waals surface area contributed by atoms with Crippen molar-refractivity contribution < 1.29 is 74.9 Å². The normalized spacial score (nSPS) is 22.4. The summed E-state index contributed by atoms with van der Waals surface area (Å²) in [5.41, 5.74) is 0.814. The number of hydrogen-bond donors (Lipinski definition) is 8. The molecule has 6 aliphatic rings. The van der Waals surface area contributed by atoms with Crippen LogP contribution in [0.5, 0.6) is 0 Å². The first-order valence-corrected chi connectivity index (χ1v) is 35.2. The monoisotopic (exact) mass is 1360 g/mol. The topological polar surface area (TPSA) is 342 Å². The van der Waals surface area contributed by atoms with Gasteiger partial charge in [0.15, 0.2) is 11.6 Å². The fraction of sp³-hybridized carbons (Fsp3) is 0.429. The smallest absolute Gasteiger partial charge is 0.421 e. The van der Waals surface area contributed by atoms with Gasteiger partial charge in [-0.25, -0.2) is 31.3 Å². The molecule has 3 fully saturated rings. The first-order chi connectivity index (χ1) is 45.6. The Hall–Kier alpha value is -8.50. The number of Topliss-reactive ketones (excluding diaryl/α,β-unsaturated/α-hetero) is 2. The summed E-state index contributed by atoms with van der Waals surface area (Å²) in [6.07, 6.45) is 11.0. The van der Waals surface area contributed by atoms with Crippen molar-refractivity contribution in [3.63, 3.8) is 0 Å². The number of para-hydroxylation sites is 1. The third kappa shape index (κ3) is 17.6. The van der Waals surface area contributed by atoms with Crippen LogP contribution in [0.25, 0.3) is 0 Å². The van der Waals surface area contributed by atoms with E-state index in [0.717, 1.165) is 40.0 Å². The van der Waals surface area contributed by atoms with Crippen LogP contribution in [0.2, 0.25) is 0 Å². The van der Waals surface area contributed by atoms with Gasteiger partial charge in [0.2, 0.25) is 31.9 Å². The highest BCUT2D eigenvalue weighted by atomic mass is 32.2. The number of carboxylic acid groups (broad SMARTS) is 2. The molecule has 0 radical (unpaired) electrons. The molecule has 26 heteroatoms. The zero-order chi connectivity index (χ0) is 69.2. The highest BCUT2D eigenvalue weighted by Crippen LogP contribution is 2.42. The maximum atomic E-state index is 14.1. The number of imide groups is 1. The molecule has 4 aromatic carbocycles. The van der Waals surface area contributed by atoms with Gasteiger partial charge < -0.3 is 41.0 Å². The summed E-state index contributed by atoms with van der Waals surface area (Å²) in [6.45, 7) is 11.3. The van der Waals surface area contributed by atoms with Crippen molar-refractivity contribution in [1.29, 1.82) is 0 Å². The number of aryl methyl sites for hydroxylation is 2. The summed E-state index contributed by atoms with van der Waals surface area (Å²) in [6, 6.07) is 23.1. The van der Waals surface area contributed by atoms with Gasteiger partial charge >= 0.3 is 24.1 Å². The van der Waals surface area contributed by atoms with Gasteiger partial charge in [-0.05, 0) is 179 Å². The molecule has 512 valence electrons. The molecule has 4 aliphatic heterocycles. The Morgan fingerprint density at radius 3 is 1.64 bits per heavy atom. The van der Waals surface area contributed by atoms with Crippen molar-refractivity contribution in [2.45, 2.75) is 157 Å². The lowest BCUT2D eigenvalue weighted by Gasteiger charge is -2.37. The minimum Gasteiger partial charge on any atom is -0.480 e. The minimum absolute atomic E-state index is 0.0207. The number of benzene rings is 4. The summed E-state index contributed by atoms with van der Waals surface area (Å²) in [4.78, 5) is 110. The van der Waals surface area contributed by atoms with E-state index in [9.17, 15) is 65.4 Å². The van der Waals surface area contributed by atoms with Crippen LogP contribution in [0.3, 0.4) is 0 Å². The van der Waals surface area contributed by atoms with Crippen LogP contribution in [0, 0.1) is 30.6 Å². The van der Waals surface area contributed by atoms with E-state index in [1.807, 2.05) is 30.3 Å². The number of piperidine rings is 1. The van der Waals surface area contributed by atoms with Crippen LogP contribution in [-0.4, -0.2) is 141 Å². The molecule has 3 unspecified atom stereocenters. The Morgan fingerprint density at radius 1 is 0.656 bits per heavy atom. The van der Waals surface area contributed by atoms with E-state index < -0.39 is 109 Å². The van der Waals surface area contributed by atoms with Gasteiger partial charge in [0.1, 0.15) is 30.3 Å². The Balaban J connectivity index is 0.000000225. The van der Waals surface area contributed by atoms with Gasteiger partial charge in [-0.15, -0.1) is 0 Å². The average molecular weight is 1360 g/mol.